The second-order valence-electron chi connectivity index (χ2n) is 4.97. The summed E-state index contributed by atoms with van der Waals surface area (Å²) >= 11 is 5.82. The number of carbonyl (C=O) groups is 2. The summed E-state index contributed by atoms with van der Waals surface area (Å²) in [6, 6.07) is 4.00. The van der Waals surface area contributed by atoms with Crippen LogP contribution < -0.4 is 10.6 Å². The minimum absolute atomic E-state index is 0.0158. The number of halogens is 1. The Morgan fingerprint density at radius 1 is 1.35 bits per heavy atom. The molecule has 1 aromatic carbocycles. The first-order valence-corrected chi connectivity index (χ1v) is 7.02. The van der Waals surface area contributed by atoms with Gasteiger partial charge in [0.25, 0.3) is 0 Å². The van der Waals surface area contributed by atoms with Gasteiger partial charge in [0, 0.05) is 12.2 Å². The van der Waals surface area contributed by atoms with E-state index in [1.54, 1.807) is 0 Å². The molecule has 1 saturated carbocycles. The monoisotopic (exact) mass is 296 g/mol. The van der Waals surface area contributed by atoms with Gasteiger partial charge in [-0.25, -0.2) is 9.59 Å². The summed E-state index contributed by atoms with van der Waals surface area (Å²) in [4.78, 5) is 22.4. The Kier molecular flexibility index (Phi) is 4.84. The van der Waals surface area contributed by atoms with E-state index in [1.165, 1.54) is 37.5 Å². The molecule has 1 aliphatic rings. The number of hydrogen-bond acceptors (Lipinski definition) is 2. The van der Waals surface area contributed by atoms with Gasteiger partial charge >= 0.3 is 12.0 Å². The predicted molar refractivity (Wildman–Crippen MR) is 77.4 cm³/mol. The Bertz CT molecular complexity index is 515. The summed E-state index contributed by atoms with van der Waals surface area (Å²) in [5.74, 6) is -0.228. The highest BCUT2D eigenvalue weighted by Crippen LogP contribution is 2.33. The molecular formula is C14H17ClN2O3. The molecule has 0 radical (unpaired) electrons. The van der Waals surface area contributed by atoms with Crippen molar-refractivity contribution in [2.24, 2.45) is 5.92 Å². The summed E-state index contributed by atoms with van der Waals surface area (Å²) in [6.07, 6.45) is 4.79. The van der Waals surface area contributed by atoms with Crippen LogP contribution in [0.4, 0.5) is 10.5 Å². The Labute approximate surface area is 122 Å². The third-order valence-corrected chi connectivity index (χ3v) is 3.54. The topological polar surface area (TPSA) is 78.4 Å². The van der Waals surface area contributed by atoms with Crippen molar-refractivity contribution in [1.82, 2.24) is 5.32 Å². The molecule has 0 aromatic heterocycles. The van der Waals surface area contributed by atoms with E-state index in [0.717, 1.165) is 12.3 Å². The third-order valence-electron chi connectivity index (χ3n) is 3.23. The molecule has 0 saturated heterocycles. The molecule has 2 rings (SSSR count). The number of nitrogens with one attached hydrogen (secondary N) is 2. The average molecular weight is 297 g/mol. The first-order valence-electron chi connectivity index (χ1n) is 6.64. The average Bonchev–Trinajstić information content (AvgIpc) is 3.18. The SMILES string of the molecule is O=C(NCCCC1CC1)Nc1ccc(C(=O)O)c(Cl)c1. The van der Waals surface area contributed by atoms with Crippen LogP contribution in [0.15, 0.2) is 18.2 Å². The Morgan fingerprint density at radius 3 is 2.70 bits per heavy atom. The number of benzene rings is 1. The molecular weight excluding hydrogens is 280 g/mol. The second-order valence-corrected chi connectivity index (χ2v) is 5.37. The van der Waals surface area contributed by atoms with Gasteiger partial charge < -0.3 is 15.7 Å². The number of carboxylic acids is 1. The lowest BCUT2D eigenvalue weighted by Gasteiger charge is -2.08. The van der Waals surface area contributed by atoms with Crippen LogP contribution in [0.3, 0.4) is 0 Å². The first kappa shape index (κ1) is 14.7. The standard InChI is InChI=1S/C14H17ClN2O3/c15-12-8-10(5-6-11(12)13(18)19)17-14(20)16-7-1-2-9-3-4-9/h5-6,8-9H,1-4,7H2,(H,18,19)(H2,16,17,20). The van der Waals surface area contributed by atoms with Gasteiger partial charge in [0.2, 0.25) is 0 Å². The molecule has 1 aromatic rings. The van der Waals surface area contributed by atoms with Gasteiger partial charge in [-0.05, 0) is 37.0 Å². The highest BCUT2D eigenvalue weighted by atomic mass is 35.5. The Hall–Kier alpha value is -1.75. The summed E-state index contributed by atoms with van der Waals surface area (Å²) in [5, 5.41) is 14.3. The molecule has 108 valence electrons. The minimum Gasteiger partial charge on any atom is -0.478 e. The van der Waals surface area contributed by atoms with Gasteiger partial charge in [-0.15, -0.1) is 0 Å². The number of urea groups is 1. The lowest BCUT2D eigenvalue weighted by Crippen LogP contribution is -2.29. The second kappa shape index (κ2) is 6.61. The molecule has 0 spiro atoms. The van der Waals surface area contributed by atoms with E-state index in [9.17, 15) is 9.59 Å². The third kappa shape index (κ3) is 4.42. The van der Waals surface area contributed by atoms with Crippen LogP contribution in [0.1, 0.15) is 36.0 Å². The molecule has 0 aliphatic heterocycles. The van der Waals surface area contributed by atoms with Crippen LogP contribution in [0.5, 0.6) is 0 Å². The van der Waals surface area contributed by atoms with Crippen molar-refractivity contribution >= 4 is 29.3 Å². The zero-order valence-corrected chi connectivity index (χ0v) is 11.7. The van der Waals surface area contributed by atoms with Gasteiger partial charge in [-0.1, -0.05) is 24.4 Å². The number of rotatable bonds is 6. The molecule has 2 amide bonds. The van der Waals surface area contributed by atoms with Crippen molar-refractivity contribution in [1.29, 1.82) is 0 Å². The number of amides is 2. The molecule has 0 atom stereocenters. The molecule has 3 N–H and O–H groups in total. The summed E-state index contributed by atoms with van der Waals surface area (Å²) in [5.41, 5.74) is 0.488. The largest absolute Gasteiger partial charge is 0.478 e. The molecule has 0 heterocycles. The Balaban J connectivity index is 1.77. The van der Waals surface area contributed by atoms with E-state index in [1.807, 2.05) is 0 Å². The fraction of sp³-hybridized carbons (Fsp3) is 0.429. The molecule has 1 aliphatic carbocycles. The highest BCUT2D eigenvalue weighted by molar-refractivity contribution is 6.33. The number of hydrogen-bond donors (Lipinski definition) is 3. The molecule has 20 heavy (non-hydrogen) atoms. The summed E-state index contributed by atoms with van der Waals surface area (Å²) < 4.78 is 0. The van der Waals surface area contributed by atoms with E-state index >= 15 is 0 Å². The van der Waals surface area contributed by atoms with Gasteiger partial charge in [0.05, 0.1) is 10.6 Å². The zero-order valence-electron chi connectivity index (χ0n) is 11.0. The lowest BCUT2D eigenvalue weighted by atomic mass is 10.2. The molecule has 1 fully saturated rings. The van der Waals surface area contributed by atoms with Crippen molar-refractivity contribution in [2.75, 3.05) is 11.9 Å². The maximum atomic E-state index is 11.6. The minimum atomic E-state index is -1.09. The summed E-state index contributed by atoms with van der Waals surface area (Å²) in [7, 11) is 0. The van der Waals surface area contributed by atoms with Crippen LogP contribution in [-0.4, -0.2) is 23.7 Å². The van der Waals surface area contributed by atoms with Crippen molar-refractivity contribution in [3.05, 3.63) is 28.8 Å². The number of carbonyl (C=O) groups excluding carboxylic acids is 1. The van der Waals surface area contributed by atoms with E-state index in [2.05, 4.69) is 10.6 Å². The highest BCUT2D eigenvalue weighted by Gasteiger charge is 2.20. The van der Waals surface area contributed by atoms with Gasteiger partial charge in [-0.2, -0.15) is 0 Å². The van der Waals surface area contributed by atoms with Crippen molar-refractivity contribution < 1.29 is 14.7 Å². The first-order chi connectivity index (χ1) is 9.56. The van der Waals surface area contributed by atoms with Crippen LogP contribution >= 0.6 is 11.6 Å². The fourth-order valence-electron chi connectivity index (χ4n) is 1.94. The van der Waals surface area contributed by atoms with Crippen LogP contribution in [-0.2, 0) is 0 Å². The fourth-order valence-corrected chi connectivity index (χ4v) is 2.20. The molecule has 5 nitrogen and oxygen atoms in total. The summed E-state index contributed by atoms with van der Waals surface area (Å²) in [6.45, 7) is 0.642. The lowest BCUT2D eigenvalue weighted by molar-refractivity contribution is 0.0697. The van der Waals surface area contributed by atoms with E-state index < -0.39 is 5.97 Å². The number of anilines is 1. The van der Waals surface area contributed by atoms with Crippen LogP contribution in [0.25, 0.3) is 0 Å². The van der Waals surface area contributed by atoms with E-state index in [4.69, 9.17) is 16.7 Å². The Morgan fingerprint density at radius 2 is 2.10 bits per heavy atom. The number of carboxylic acid groups (broad SMARTS) is 1. The molecule has 6 heteroatoms. The van der Waals surface area contributed by atoms with Crippen molar-refractivity contribution in [3.63, 3.8) is 0 Å². The molecule has 0 unspecified atom stereocenters. The van der Waals surface area contributed by atoms with Gasteiger partial charge in [0.1, 0.15) is 0 Å². The maximum Gasteiger partial charge on any atom is 0.337 e. The van der Waals surface area contributed by atoms with Gasteiger partial charge in [0.15, 0.2) is 0 Å². The predicted octanol–water partition coefficient (Wildman–Crippen LogP) is 3.35. The normalized spacial score (nSPS) is 13.8. The van der Waals surface area contributed by atoms with E-state index in [-0.39, 0.29) is 16.6 Å². The van der Waals surface area contributed by atoms with Crippen LogP contribution in [0, 0.1) is 5.92 Å². The maximum absolute atomic E-state index is 11.6. The smallest absolute Gasteiger partial charge is 0.337 e. The molecule has 0 bridgehead atoms. The van der Waals surface area contributed by atoms with Crippen molar-refractivity contribution in [3.8, 4) is 0 Å². The van der Waals surface area contributed by atoms with Crippen LogP contribution in [0.2, 0.25) is 5.02 Å². The van der Waals surface area contributed by atoms with Crippen molar-refractivity contribution in [2.45, 2.75) is 25.7 Å². The quantitative estimate of drug-likeness (QED) is 0.704. The number of aromatic carboxylic acids is 1. The van der Waals surface area contributed by atoms with Gasteiger partial charge in [-0.3, -0.25) is 0 Å². The zero-order chi connectivity index (χ0) is 14.5. The van der Waals surface area contributed by atoms with E-state index in [0.29, 0.717) is 12.2 Å².